The smallest absolute Gasteiger partial charge is 0.236 e. The number of thiazole rings is 1. The summed E-state index contributed by atoms with van der Waals surface area (Å²) in [5.74, 6) is -0.483. The average molecular weight is 359 g/mol. The second-order valence-corrected chi connectivity index (χ2v) is 6.59. The van der Waals surface area contributed by atoms with E-state index in [1.54, 1.807) is 22.4 Å². The molecule has 1 saturated heterocycles. The third-order valence-corrected chi connectivity index (χ3v) is 5.05. The lowest BCUT2D eigenvalue weighted by molar-refractivity contribution is -0.121. The van der Waals surface area contributed by atoms with Gasteiger partial charge in [-0.05, 0) is 40.9 Å². The maximum atomic E-state index is 13.1. The van der Waals surface area contributed by atoms with Crippen molar-refractivity contribution in [2.45, 2.75) is 18.8 Å². The SMILES string of the molecule is Nc1nonc1-c1csc(N2CCCC(c3ccc(F)cc3)C2=O)n1. The molecule has 1 fully saturated rings. The van der Waals surface area contributed by atoms with Crippen molar-refractivity contribution in [2.75, 3.05) is 17.2 Å². The molecule has 0 radical (unpaired) electrons. The van der Waals surface area contributed by atoms with Gasteiger partial charge in [-0.15, -0.1) is 11.3 Å². The number of amides is 1. The fraction of sp³-hybridized carbons (Fsp3) is 0.250. The Labute approximate surface area is 146 Å². The summed E-state index contributed by atoms with van der Waals surface area (Å²) in [4.78, 5) is 19.0. The molecule has 3 aromatic rings. The Hall–Kier alpha value is -2.81. The Balaban J connectivity index is 1.60. The molecule has 0 aliphatic carbocycles. The second kappa shape index (κ2) is 6.25. The van der Waals surface area contributed by atoms with Gasteiger partial charge in [-0.3, -0.25) is 9.69 Å². The highest BCUT2D eigenvalue weighted by Crippen LogP contribution is 2.34. The van der Waals surface area contributed by atoms with Gasteiger partial charge in [-0.2, -0.15) is 0 Å². The molecule has 1 unspecified atom stereocenters. The molecule has 128 valence electrons. The van der Waals surface area contributed by atoms with Crippen LogP contribution in [0.3, 0.4) is 0 Å². The van der Waals surface area contributed by atoms with Crippen molar-refractivity contribution in [1.82, 2.24) is 15.3 Å². The minimum Gasteiger partial charge on any atom is -0.379 e. The first-order valence-electron chi connectivity index (χ1n) is 7.74. The normalized spacial score (nSPS) is 17.9. The largest absolute Gasteiger partial charge is 0.379 e. The van der Waals surface area contributed by atoms with E-state index in [9.17, 15) is 9.18 Å². The molecule has 1 atom stereocenters. The van der Waals surface area contributed by atoms with E-state index in [1.165, 1.54) is 23.5 Å². The Morgan fingerprint density at radius 1 is 1.28 bits per heavy atom. The van der Waals surface area contributed by atoms with Gasteiger partial charge in [0.1, 0.15) is 11.5 Å². The van der Waals surface area contributed by atoms with Crippen LogP contribution in [0, 0.1) is 5.82 Å². The zero-order valence-electron chi connectivity index (χ0n) is 13.1. The van der Waals surface area contributed by atoms with Gasteiger partial charge in [0.25, 0.3) is 0 Å². The lowest BCUT2D eigenvalue weighted by atomic mass is 9.90. The fourth-order valence-corrected chi connectivity index (χ4v) is 3.78. The van der Waals surface area contributed by atoms with Crippen LogP contribution in [0.25, 0.3) is 11.4 Å². The number of nitrogen functional groups attached to an aromatic ring is 1. The molecule has 1 aliphatic rings. The van der Waals surface area contributed by atoms with E-state index in [0.717, 1.165) is 18.4 Å². The van der Waals surface area contributed by atoms with Crippen LogP contribution in [0.15, 0.2) is 34.3 Å². The maximum absolute atomic E-state index is 13.1. The molecule has 25 heavy (non-hydrogen) atoms. The molecule has 2 N–H and O–H groups in total. The number of hydrogen-bond donors (Lipinski definition) is 1. The summed E-state index contributed by atoms with van der Waals surface area (Å²) in [5, 5.41) is 9.60. The molecule has 9 heteroatoms. The third-order valence-electron chi connectivity index (χ3n) is 4.19. The van der Waals surface area contributed by atoms with Gasteiger partial charge >= 0.3 is 0 Å². The summed E-state index contributed by atoms with van der Waals surface area (Å²) in [6.45, 7) is 0.593. The summed E-state index contributed by atoms with van der Waals surface area (Å²) in [7, 11) is 0. The highest BCUT2D eigenvalue weighted by Gasteiger charge is 2.32. The van der Waals surface area contributed by atoms with Crippen molar-refractivity contribution in [3.8, 4) is 11.4 Å². The van der Waals surface area contributed by atoms with E-state index in [1.807, 2.05) is 0 Å². The number of benzene rings is 1. The predicted octanol–water partition coefficient (Wildman–Crippen LogP) is 2.83. The van der Waals surface area contributed by atoms with Crippen LogP contribution in [-0.2, 0) is 4.79 Å². The van der Waals surface area contributed by atoms with Crippen LogP contribution in [0.4, 0.5) is 15.3 Å². The van der Waals surface area contributed by atoms with Crippen LogP contribution in [-0.4, -0.2) is 27.7 Å². The second-order valence-electron chi connectivity index (χ2n) is 5.75. The summed E-state index contributed by atoms with van der Waals surface area (Å²) in [5.41, 5.74) is 7.39. The minimum atomic E-state index is -0.313. The predicted molar refractivity (Wildman–Crippen MR) is 90.5 cm³/mol. The number of rotatable bonds is 3. The van der Waals surface area contributed by atoms with E-state index in [4.69, 9.17) is 5.73 Å². The Morgan fingerprint density at radius 3 is 2.80 bits per heavy atom. The number of anilines is 2. The third kappa shape index (κ3) is 2.86. The molecule has 0 spiro atoms. The number of nitrogens with two attached hydrogens (primary N) is 1. The number of carbonyl (C=O) groups excluding carboxylic acids is 1. The Morgan fingerprint density at radius 2 is 2.08 bits per heavy atom. The van der Waals surface area contributed by atoms with Crippen molar-refractivity contribution >= 4 is 28.2 Å². The molecule has 1 aromatic carbocycles. The molecule has 3 heterocycles. The standard InChI is InChI=1S/C16H14FN5O2S/c17-10-5-3-9(4-6-10)11-2-1-7-22(15(11)23)16-19-12(8-25-16)13-14(18)21-24-20-13/h3-6,8,11H,1-2,7H2,(H2,18,21). The number of halogens is 1. The topological polar surface area (TPSA) is 98.1 Å². The molecular formula is C16H14FN5O2S. The maximum Gasteiger partial charge on any atom is 0.236 e. The van der Waals surface area contributed by atoms with Gasteiger partial charge in [-0.1, -0.05) is 12.1 Å². The van der Waals surface area contributed by atoms with E-state index >= 15 is 0 Å². The molecule has 4 rings (SSSR count). The van der Waals surface area contributed by atoms with Gasteiger partial charge in [0, 0.05) is 11.9 Å². The first-order valence-corrected chi connectivity index (χ1v) is 8.62. The van der Waals surface area contributed by atoms with E-state index in [0.29, 0.717) is 23.1 Å². The van der Waals surface area contributed by atoms with Crippen LogP contribution in [0.2, 0.25) is 0 Å². The number of carbonyl (C=O) groups is 1. The quantitative estimate of drug-likeness (QED) is 0.772. The zero-order chi connectivity index (χ0) is 17.4. The first-order chi connectivity index (χ1) is 12.1. The summed E-state index contributed by atoms with van der Waals surface area (Å²) < 4.78 is 17.7. The highest BCUT2D eigenvalue weighted by atomic mass is 32.1. The summed E-state index contributed by atoms with van der Waals surface area (Å²) in [6, 6.07) is 6.08. The van der Waals surface area contributed by atoms with Gasteiger partial charge in [0.05, 0.1) is 5.92 Å². The molecule has 7 nitrogen and oxygen atoms in total. The number of piperidine rings is 1. The lowest BCUT2D eigenvalue weighted by Crippen LogP contribution is -2.40. The molecular weight excluding hydrogens is 345 g/mol. The Kier molecular flexibility index (Phi) is 3.92. The summed E-state index contributed by atoms with van der Waals surface area (Å²) in [6.07, 6.45) is 1.58. The number of nitrogens with zero attached hydrogens (tertiary/aromatic N) is 4. The number of aromatic nitrogens is 3. The van der Waals surface area contributed by atoms with Crippen LogP contribution in [0.1, 0.15) is 24.3 Å². The summed E-state index contributed by atoms with van der Waals surface area (Å²) >= 11 is 1.34. The fourth-order valence-electron chi connectivity index (χ4n) is 2.94. The van der Waals surface area contributed by atoms with Gasteiger partial charge in [-0.25, -0.2) is 14.0 Å². The van der Waals surface area contributed by atoms with Crippen molar-refractivity contribution in [3.63, 3.8) is 0 Å². The molecule has 0 bridgehead atoms. The minimum absolute atomic E-state index is 0.0370. The lowest BCUT2D eigenvalue weighted by Gasteiger charge is -2.30. The highest BCUT2D eigenvalue weighted by molar-refractivity contribution is 7.14. The monoisotopic (exact) mass is 359 g/mol. The Bertz CT molecular complexity index is 907. The van der Waals surface area contributed by atoms with Gasteiger partial charge in [0.2, 0.25) is 5.91 Å². The first kappa shape index (κ1) is 15.7. The van der Waals surface area contributed by atoms with Crippen molar-refractivity contribution in [1.29, 1.82) is 0 Å². The van der Waals surface area contributed by atoms with Crippen LogP contribution >= 0.6 is 11.3 Å². The van der Waals surface area contributed by atoms with Gasteiger partial charge in [0.15, 0.2) is 16.6 Å². The zero-order valence-corrected chi connectivity index (χ0v) is 13.9. The van der Waals surface area contributed by atoms with Crippen molar-refractivity contribution in [3.05, 3.63) is 41.0 Å². The van der Waals surface area contributed by atoms with Crippen LogP contribution < -0.4 is 10.6 Å². The van der Waals surface area contributed by atoms with E-state index < -0.39 is 0 Å². The van der Waals surface area contributed by atoms with Gasteiger partial charge < -0.3 is 5.73 Å². The van der Waals surface area contributed by atoms with Crippen molar-refractivity contribution < 1.29 is 13.8 Å². The van der Waals surface area contributed by atoms with E-state index in [-0.39, 0.29) is 23.5 Å². The van der Waals surface area contributed by atoms with E-state index in [2.05, 4.69) is 19.9 Å². The molecule has 1 amide bonds. The number of hydrogen-bond acceptors (Lipinski definition) is 7. The molecule has 2 aromatic heterocycles. The average Bonchev–Trinajstić information content (AvgIpc) is 3.25. The molecule has 0 saturated carbocycles. The van der Waals surface area contributed by atoms with Crippen molar-refractivity contribution in [2.24, 2.45) is 0 Å². The molecule has 1 aliphatic heterocycles. The van der Waals surface area contributed by atoms with Crippen LogP contribution in [0.5, 0.6) is 0 Å².